The summed E-state index contributed by atoms with van der Waals surface area (Å²) >= 11 is 23.1. The van der Waals surface area contributed by atoms with Gasteiger partial charge in [0.15, 0.2) is 0 Å². The lowest BCUT2D eigenvalue weighted by molar-refractivity contribution is -0.140. The van der Waals surface area contributed by atoms with Gasteiger partial charge in [-0.3, -0.25) is 15.6 Å². The SMILES string of the molecule is Cc1cc(Cl)nc(NNC(=O)c2ccc(/C(F)=C/C(c3cc(Cl)c(Cl)c(Cl)c3)C(F)(F)F)cc2C(F)(F)F)n1. The van der Waals surface area contributed by atoms with Gasteiger partial charge in [0.1, 0.15) is 16.9 Å². The second-order valence-corrected chi connectivity index (χ2v) is 9.40. The van der Waals surface area contributed by atoms with Gasteiger partial charge in [-0.25, -0.2) is 9.37 Å². The van der Waals surface area contributed by atoms with Crippen LogP contribution in [0.25, 0.3) is 5.83 Å². The highest BCUT2D eigenvalue weighted by Gasteiger charge is 2.41. The zero-order chi connectivity index (χ0) is 29.3. The van der Waals surface area contributed by atoms with Gasteiger partial charge in [0.05, 0.1) is 26.2 Å². The molecule has 2 N–H and O–H groups in total. The average Bonchev–Trinajstić information content (AvgIpc) is 2.81. The molecule has 3 aromatic rings. The van der Waals surface area contributed by atoms with E-state index >= 15 is 0 Å². The highest BCUT2D eigenvalue weighted by molar-refractivity contribution is 6.48. The van der Waals surface area contributed by atoms with Crippen molar-refractivity contribution in [3.05, 3.63) is 90.6 Å². The Morgan fingerprint density at radius 2 is 1.56 bits per heavy atom. The first-order chi connectivity index (χ1) is 18.0. The standard InChI is InChI=1S/C23H13Cl4F7N4O/c1-9-4-18(26)36-21(35-9)38-37-20(39)12-3-2-10(5-14(12)23(32,33)34)17(28)8-13(22(29,30)31)11-6-15(24)19(27)16(25)7-11/h2-8,13H,1H3,(H,37,39)(H,35,36,38)/b17-8-. The fourth-order valence-corrected chi connectivity index (χ4v) is 4.12. The first-order valence-electron chi connectivity index (χ1n) is 10.3. The third-order valence-electron chi connectivity index (χ3n) is 4.99. The average molecular weight is 636 g/mol. The Hall–Kier alpha value is -2.80. The number of anilines is 1. The number of carbonyl (C=O) groups excluding carboxylic acids is 1. The van der Waals surface area contributed by atoms with Crippen molar-refractivity contribution in [2.24, 2.45) is 0 Å². The normalized spacial score (nSPS) is 13.3. The molecule has 0 bridgehead atoms. The molecule has 0 saturated carbocycles. The Kier molecular flexibility index (Phi) is 9.26. The Balaban J connectivity index is 1.98. The van der Waals surface area contributed by atoms with E-state index in [0.717, 1.165) is 12.1 Å². The Labute approximate surface area is 235 Å². The lowest BCUT2D eigenvalue weighted by atomic mass is 9.95. The van der Waals surface area contributed by atoms with Crippen molar-refractivity contribution in [2.45, 2.75) is 25.2 Å². The lowest BCUT2D eigenvalue weighted by Gasteiger charge is -2.19. The van der Waals surface area contributed by atoms with Crippen LogP contribution in [0.15, 0.2) is 42.5 Å². The molecule has 1 unspecified atom stereocenters. The van der Waals surface area contributed by atoms with Gasteiger partial charge in [-0.05, 0) is 48.9 Å². The molecule has 1 heterocycles. The number of aryl methyl sites for hydroxylation is 1. The Bertz CT molecular complexity index is 1400. The molecule has 0 fully saturated rings. The second-order valence-electron chi connectivity index (χ2n) is 7.83. The molecule has 208 valence electrons. The van der Waals surface area contributed by atoms with Crippen LogP contribution in [0.2, 0.25) is 20.2 Å². The topological polar surface area (TPSA) is 66.9 Å². The minimum Gasteiger partial charge on any atom is -0.267 e. The number of halogens is 11. The molecule has 39 heavy (non-hydrogen) atoms. The largest absolute Gasteiger partial charge is 0.417 e. The number of rotatable bonds is 6. The number of hydrogen-bond donors (Lipinski definition) is 2. The zero-order valence-electron chi connectivity index (χ0n) is 19.1. The van der Waals surface area contributed by atoms with Crippen molar-refractivity contribution in [1.82, 2.24) is 15.4 Å². The fourth-order valence-electron chi connectivity index (χ4n) is 3.27. The molecule has 3 rings (SSSR count). The number of hydrogen-bond acceptors (Lipinski definition) is 4. The summed E-state index contributed by atoms with van der Waals surface area (Å²) in [5.41, 5.74) is 0.478. The number of nitrogens with zero attached hydrogens (tertiary/aromatic N) is 2. The third-order valence-corrected chi connectivity index (χ3v) is 6.38. The Morgan fingerprint density at radius 1 is 0.949 bits per heavy atom. The number of aromatic nitrogens is 2. The van der Waals surface area contributed by atoms with E-state index in [4.69, 9.17) is 46.4 Å². The van der Waals surface area contributed by atoms with Crippen molar-refractivity contribution in [2.75, 3.05) is 5.43 Å². The van der Waals surface area contributed by atoms with Gasteiger partial charge in [0.2, 0.25) is 5.95 Å². The zero-order valence-corrected chi connectivity index (χ0v) is 22.1. The van der Waals surface area contributed by atoms with Gasteiger partial charge >= 0.3 is 12.4 Å². The highest BCUT2D eigenvalue weighted by Crippen LogP contribution is 2.42. The summed E-state index contributed by atoms with van der Waals surface area (Å²) in [5, 5.41) is -0.933. The van der Waals surface area contributed by atoms with Crippen LogP contribution in [0.5, 0.6) is 0 Å². The molecule has 0 saturated heterocycles. The van der Waals surface area contributed by atoms with E-state index in [1.807, 2.05) is 5.43 Å². The Morgan fingerprint density at radius 3 is 2.10 bits per heavy atom. The van der Waals surface area contributed by atoms with Crippen LogP contribution in [0.4, 0.5) is 36.7 Å². The number of benzene rings is 2. The van der Waals surface area contributed by atoms with Gasteiger partial charge in [0, 0.05) is 11.3 Å². The van der Waals surface area contributed by atoms with Crippen LogP contribution in [0, 0.1) is 6.92 Å². The van der Waals surface area contributed by atoms with Crippen molar-refractivity contribution >= 4 is 64.1 Å². The predicted molar refractivity (Wildman–Crippen MR) is 134 cm³/mol. The maximum absolute atomic E-state index is 15.0. The van der Waals surface area contributed by atoms with Gasteiger partial charge < -0.3 is 0 Å². The second kappa shape index (κ2) is 11.7. The quantitative estimate of drug-likeness (QED) is 0.123. The van der Waals surface area contributed by atoms with Crippen LogP contribution in [-0.2, 0) is 6.18 Å². The van der Waals surface area contributed by atoms with Crippen molar-refractivity contribution in [3.63, 3.8) is 0 Å². The summed E-state index contributed by atoms with van der Waals surface area (Å²) in [5.74, 6) is -5.85. The van der Waals surface area contributed by atoms with Crippen LogP contribution in [0.1, 0.15) is 38.7 Å². The third kappa shape index (κ3) is 7.65. The van der Waals surface area contributed by atoms with Gasteiger partial charge in [-0.2, -0.15) is 31.3 Å². The van der Waals surface area contributed by atoms with Gasteiger partial charge in [-0.1, -0.05) is 52.5 Å². The summed E-state index contributed by atoms with van der Waals surface area (Å²) in [4.78, 5) is 20.1. The molecule has 2 aromatic carbocycles. The van der Waals surface area contributed by atoms with E-state index < -0.39 is 52.3 Å². The van der Waals surface area contributed by atoms with Crippen LogP contribution in [0.3, 0.4) is 0 Å². The molecule has 0 aliphatic rings. The number of alkyl halides is 6. The maximum atomic E-state index is 15.0. The smallest absolute Gasteiger partial charge is 0.267 e. The molecule has 5 nitrogen and oxygen atoms in total. The highest BCUT2D eigenvalue weighted by atomic mass is 35.5. The van der Waals surface area contributed by atoms with Crippen LogP contribution >= 0.6 is 46.4 Å². The fraction of sp³-hybridized carbons (Fsp3) is 0.174. The maximum Gasteiger partial charge on any atom is 0.417 e. The summed E-state index contributed by atoms with van der Waals surface area (Å²) in [6.45, 7) is 1.54. The van der Waals surface area contributed by atoms with Crippen LogP contribution < -0.4 is 10.9 Å². The van der Waals surface area contributed by atoms with E-state index in [9.17, 15) is 35.5 Å². The number of amides is 1. The molecular formula is C23H13Cl4F7N4O. The van der Waals surface area contributed by atoms with Gasteiger partial charge in [0.25, 0.3) is 5.91 Å². The van der Waals surface area contributed by atoms with E-state index in [-0.39, 0.29) is 38.3 Å². The van der Waals surface area contributed by atoms with E-state index in [1.54, 1.807) is 6.92 Å². The van der Waals surface area contributed by atoms with Crippen LogP contribution in [-0.4, -0.2) is 22.1 Å². The minimum atomic E-state index is -5.19. The molecule has 1 aromatic heterocycles. The molecule has 1 amide bonds. The first kappa shape index (κ1) is 30.7. The van der Waals surface area contributed by atoms with E-state index in [2.05, 4.69) is 15.4 Å². The molecular weight excluding hydrogens is 623 g/mol. The minimum absolute atomic E-state index is 0.0119. The van der Waals surface area contributed by atoms with Gasteiger partial charge in [-0.15, -0.1) is 0 Å². The first-order valence-corrected chi connectivity index (χ1v) is 11.9. The number of hydrazine groups is 1. The predicted octanol–water partition coefficient (Wildman–Crippen LogP) is 8.83. The monoisotopic (exact) mass is 634 g/mol. The molecule has 0 aliphatic heterocycles. The van der Waals surface area contributed by atoms with E-state index in [0.29, 0.717) is 17.8 Å². The molecule has 0 radical (unpaired) electrons. The number of allylic oxidation sites excluding steroid dienone is 1. The number of nitrogens with one attached hydrogen (secondary N) is 2. The number of carbonyl (C=O) groups is 1. The van der Waals surface area contributed by atoms with E-state index in [1.165, 1.54) is 6.07 Å². The molecule has 0 spiro atoms. The summed E-state index contributed by atoms with van der Waals surface area (Å²) < 4.78 is 97.6. The summed E-state index contributed by atoms with van der Waals surface area (Å²) in [6, 6.07) is 4.53. The lowest BCUT2D eigenvalue weighted by Crippen LogP contribution is -2.32. The molecule has 0 aliphatic carbocycles. The van der Waals surface area contributed by atoms with Crippen molar-refractivity contribution in [3.8, 4) is 0 Å². The summed E-state index contributed by atoms with van der Waals surface area (Å²) in [7, 11) is 0. The summed E-state index contributed by atoms with van der Waals surface area (Å²) in [6.07, 6.45) is -10.2. The van der Waals surface area contributed by atoms with Crippen molar-refractivity contribution < 1.29 is 35.5 Å². The van der Waals surface area contributed by atoms with Crippen molar-refractivity contribution in [1.29, 1.82) is 0 Å². The molecule has 1 atom stereocenters. The molecule has 16 heteroatoms.